The SMILES string of the molecule is CCCN1C(=O)C(=O)/C(=C(\O)c2ccc(CC)cc2)C1c1cccc2ccccc12. The molecule has 1 heterocycles. The van der Waals surface area contributed by atoms with E-state index in [0.717, 1.165) is 34.7 Å². The van der Waals surface area contributed by atoms with Crippen LogP contribution in [0, 0.1) is 0 Å². The zero-order valence-corrected chi connectivity index (χ0v) is 17.3. The van der Waals surface area contributed by atoms with Gasteiger partial charge in [0.2, 0.25) is 0 Å². The van der Waals surface area contributed by atoms with Crippen molar-refractivity contribution in [3.63, 3.8) is 0 Å². The number of hydrogen-bond acceptors (Lipinski definition) is 3. The summed E-state index contributed by atoms with van der Waals surface area (Å²) in [5.41, 5.74) is 2.71. The van der Waals surface area contributed by atoms with Crippen LogP contribution in [0.4, 0.5) is 0 Å². The van der Waals surface area contributed by atoms with E-state index in [0.29, 0.717) is 12.1 Å². The van der Waals surface area contributed by atoms with Crippen molar-refractivity contribution in [3.05, 3.63) is 89.0 Å². The monoisotopic (exact) mass is 399 g/mol. The molecule has 30 heavy (non-hydrogen) atoms. The zero-order valence-electron chi connectivity index (χ0n) is 17.3. The molecule has 1 fully saturated rings. The molecule has 1 aliphatic heterocycles. The number of carbonyl (C=O) groups is 2. The van der Waals surface area contributed by atoms with E-state index in [1.165, 1.54) is 0 Å². The average Bonchev–Trinajstić information content (AvgIpc) is 3.03. The van der Waals surface area contributed by atoms with Crippen LogP contribution in [0.3, 0.4) is 0 Å². The summed E-state index contributed by atoms with van der Waals surface area (Å²) in [4.78, 5) is 27.5. The third kappa shape index (κ3) is 3.28. The molecule has 0 bridgehead atoms. The highest BCUT2D eigenvalue weighted by Crippen LogP contribution is 2.41. The second-order valence-corrected chi connectivity index (χ2v) is 7.61. The fraction of sp³-hybridized carbons (Fsp3) is 0.231. The lowest BCUT2D eigenvalue weighted by atomic mass is 9.91. The van der Waals surface area contributed by atoms with Gasteiger partial charge in [-0.3, -0.25) is 9.59 Å². The molecule has 0 spiro atoms. The number of likely N-dealkylation sites (tertiary alicyclic amines) is 1. The Labute approximate surface area is 176 Å². The molecular formula is C26H25NO3. The number of carbonyl (C=O) groups excluding carboxylic acids is 2. The van der Waals surface area contributed by atoms with Crippen LogP contribution in [-0.4, -0.2) is 28.2 Å². The van der Waals surface area contributed by atoms with E-state index in [2.05, 4.69) is 6.92 Å². The van der Waals surface area contributed by atoms with Gasteiger partial charge in [-0.2, -0.15) is 0 Å². The minimum absolute atomic E-state index is 0.118. The van der Waals surface area contributed by atoms with Crippen molar-refractivity contribution in [1.29, 1.82) is 0 Å². The smallest absolute Gasteiger partial charge is 0.295 e. The van der Waals surface area contributed by atoms with Gasteiger partial charge in [0.05, 0.1) is 11.6 Å². The molecule has 1 saturated heterocycles. The fourth-order valence-electron chi connectivity index (χ4n) is 4.22. The highest BCUT2D eigenvalue weighted by molar-refractivity contribution is 6.46. The van der Waals surface area contributed by atoms with Crippen molar-refractivity contribution < 1.29 is 14.7 Å². The number of amides is 1. The molecule has 1 unspecified atom stereocenters. The molecule has 4 nitrogen and oxygen atoms in total. The first-order valence-corrected chi connectivity index (χ1v) is 10.4. The second kappa shape index (κ2) is 8.15. The minimum Gasteiger partial charge on any atom is -0.507 e. The number of fused-ring (bicyclic) bond motifs is 1. The number of aliphatic hydroxyl groups is 1. The largest absolute Gasteiger partial charge is 0.507 e. The predicted molar refractivity (Wildman–Crippen MR) is 119 cm³/mol. The quantitative estimate of drug-likeness (QED) is 0.363. The van der Waals surface area contributed by atoms with E-state index >= 15 is 0 Å². The molecule has 1 aliphatic rings. The van der Waals surface area contributed by atoms with Gasteiger partial charge in [-0.15, -0.1) is 0 Å². The Morgan fingerprint density at radius 2 is 1.63 bits per heavy atom. The van der Waals surface area contributed by atoms with Crippen LogP contribution >= 0.6 is 0 Å². The van der Waals surface area contributed by atoms with Gasteiger partial charge in [0.1, 0.15) is 5.76 Å². The number of nitrogens with zero attached hydrogens (tertiary/aromatic N) is 1. The number of ketones is 1. The van der Waals surface area contributed by atoms with Crippen LogP contribution < -0.4 is 0 Å². The summed E-state index contributed by atoms with van der Waals surface area (Å²) in [5.74, 6) is -1.30. The molecule has 3 aromatic carbocycles. The number of hydrogen-bond donors (Lipinski definition) is 1. The van der Waals surface area contributed by atoms with Gasteiger partial charge in [-0.25, -0.2) is 0 Å². The van der Waals surface area contributed by atoms with Crippen molar-refractivity contribution in [2.45, 2.75) is 32.7 Å². The Bertz CT molecular complexity index is 1140. The summed E-state index contributed by atoms with van der Waals surface area (Å²) < 4.78 is 0. The molecule has 4 heteroatoms. The minimum atomic E-state index is -0.626. The molecule has 1 N–H and O–H groups in total. The molecular weight excluding hydrogens is 374 g/mol. The first kappa shape index (κ1) is 19.9. The normalized spacial score (nSPS) is 18.3. The van der Waals surface area contributed by atoms with E-state index in [1.807, 2.05) is 73.7 Å². The molecule has 4 rings (SSSR count). The van der Waals surface area contributed by atoms with Crippen LogP contribution in [0.15, 0.2) is 72.3 Å². The van der Waals surface area contributed by atoms with E-state index in [1.54, 1.807) is 4.90 Å². The van der Waals surface area contributed by atoms with Gasteiger partial charge < -0.3 is 10.0 Å². The third-order valence-corrected chi connectivity index (χ3v) is 5.76. The molecule has 0 radical (unpaired) electrons. The maximum absolute atomic E-state index is 13.0. The Kier molecular flexibility index (Phi) is 5.40. The average molecular weight is 399 g/mol. The van der Waals surface area contributed by atoms with E-state index in [9.17, 15) is 14.7 Å². The third-order valence-electron chi connectivity index (χ3n) is 5.76. The van der Waals surface area contributed by atoms with E-state index < -0.39 is 17.7 Å². The number of aryl methyl sites for hydroxylation is 1. The van der Waals surface area contributed by atoms with Crippen LogP contribution in [0.5, 0.6) is 0 Å². The number of Topliss-reactive ketones (excluding diaryl/α,β-unsaturated/α-hetero) is 1. The van der Waals surface area contributed by atoms with Crippen LogP contribution in [0.2, 0.25) is 0 Å². The highest BCUT2D eigenvalue weighted by atomic mass is 16.3. The van der Waals surface area contributed by atoms with Crippen molar-refractivity contribution in [2.75, 3.05) is 6.54 Å². The first-order chi connectivity index (χ1) is 14.6. The van der Waals surface area contributed by atoms with Crippen molar-refractivity contribution in [2.24, 2.45) is 0 Å². The second-order valence-electron chi connectivity index (χ2n) is 7.61. The summed E-state index contributed by atoms with van der Waals surface area (Å²) in [6.45, 7) is 4.48. The molecule has 0 aromatic heterocycles. The summed E-state index contributed by atoms with van der Waals surface area (Å²) in [6.07, 6.45) is 1.61. The molecule has 152 valence electrons. The lowest BCUT2D eigenvalue weighted by Crippen LogP contribution is -2.30. The fourth-order valence-corrected chi connectivity index (χ4v) is 4.22. The Morgan fingerprint density at radius 1 is 0.933 bits per heavy atom. The molecule has 3 aromatic rings. The van der Waals surface area contributed by atoms with Gasteiger partial charge in [-0.05, 0) is 34.7 Å². The van der Waals surface area contributed by atoms with Crippen LogP contribution in [-0.2, 0) is 16.0 Å². The lowest BCUT2D eigenvalue weighted by Gasteiger charge is -2.26. The van der Waals surface area contributed by atoms with E-state index in [-0.39, 0.29) is 11.3 Å². The van der Waals surface area contributed by atoms with Crippen LogP contribution in [0.1, 0.15) is 43.0 Å². The van der Waals surface area contributed by atoms with Gasteiger partial charge in [-0.1, -0.05) is 80.6 Å². The molecule has 0 saturated carbocycles. The standard InChI is InChI=1S/C26H25NO3/c1-3-16-27-23(21-11-7-9-18-8-5-6-10-20(18)21)22(25(29)26(27)30)24(28)19-14-12-17(4-2)13-15-19/h5-15,23,28H,3-4,16H2,1-2H3/b24-22-. The zero-order chi connectivity index (χ0) is 21.3. The first-order valence-electron chi connectivity index (χ1n) is 10.4. The number of aliphatic hydroxyl groups excluding tert-OH is 1. The van der Waals surface area contributed by atoms with Gasteiger partial charge >= 0.3 is 0 Å². The Morgan fingerprint density at radius 3 is 2.33 bits per heavy atom. The Balaban J connectivity index is 1.94. The molecule has 1 atom stereocenters. The Hall–Kier alpha value is -3.40. The molecule has 1 amide bonds. The summed E-state index contributed by atoms with van der Waals surface area (Å²) in [7, 11) is 0. The van der Waals surface area contributed by atoms with E-state index in [4.69, 9.17) is 0 Å². The number of rotatable bonds is 5. The van der Waals surface area contributed by atoms with Crippen LogP contribution in [0.25, 0.3) is 16.5 Å². The predicted octanol–water partition coefficient (Wildman–Crippen LogP) is 5.23. The van der Waals surface area contributed by atoms with Gasteiger partial charge in [0, 0.05) is 12.1 Å². The molecule has 0 aliphatic carbocycles. The number of benzene rings is 3. The maximum atomic E-state index is 13.0. The summed E-state index contributed by atoms with van der Waals surface area (Å²) in [6, 6.07) is 20.7. The summed E-state index contributed by atoms with van der Waals surface area (Å²) >= 11 is 0. The van der Waals surface area contributed by atoms with Gasteiger partial charge in [0.15, 0.2) is 0 Å². The topological polar surface area (TPSA) is 57.6 Å². The van der Waals surface area contributed by atoms with Crippen molar-refractivity contribution in [3.8, 4) is 0 Å². The van der Waals surface area contributed by atoms with Crippen molar-refractivity contribution in [1.82, 2.24) is 4.90 Å². The highest BCUT2D eigenvalue weighted by Gasteiger charge is 2.46. The lowest BCUT2D eigenvalue weighted by molar-refractivity contribution is -0.139. The van der Waals surface area contributed by atoms with Gasteiger partial charge in [0.25, 0.3) is 11.7 Å². The summed E-state index contributed by atoms with van der Waals surface area (Å²) in [5, 5.41) is 13.1. The van der Waals surface area contributed by atoms with Crippen molar-refractivity contribution >= 4 is 28.2 Å². The maximum Gasteiger partial charge on any atom is 0.295 e.